The summed E-state index contributed by atoms with van der Waals surface area (Å²) < 4.78 is 11.6. The minimum Gasteiger partial charge on any atom is -0.508 e. The highest BCUT2D eigenvalue weighted by Crippen LogP contribution is 2.34. The molecule has 2 aromatic rings. The Bertz CT molecular complexity index is 820. The van der Waals surface area contributed by atoms with Crippen molar-refractivity contribution in [3.63, 3.8) is 0 Å². The van der Waals surface area contributed by atoms with E-state index in [2.05, 4.69) is 21.2 Å². The minimum absolute atomic E-state index is 0.0608. The summed E-state index contributed by atoms with van der Waals surface area (Å²) in [5.74, 6) is -0.0608. The number of phenolic OH excluding ortho intramolecular Hbond substituents is 1. The van der Waals surface area contributed by atoms with E-state index in [9.17, 15) is 15.0 Å². The molecule has 3 N–H and O–H groups in total. The first-order valence-corrected chi connectivity index (χ1v) is 8.87. The smallest absolute Gasteiger partial charge is 0.412 e. The number of carbonyl (C=O) groups excluding carboxylic acids is 1. The Hall–Kier alpha value is -2.60. The van der Waals surface area contributed by atoms with Crippen molar-refractivity contribution in [3.8, 4) is 11.8 Å². The number of nitrogens with zero attached hydrogens (tertiary/aromatic N) is 1. The Labute approximate surface area is 165 Å². The highest BCUT2D eigenvalue weighted by atomic mass is 79.9. The molecular weight excluding hydrogens is 416 g/mol. The maximum absolute atomic E-state index is 12.4. The van der Waals surface area contributed by atoms with E-state index in [1.165, 1.54) is 13.2 Å². The average Bonchev–Trinajstić information content (AvgIpc) is 2.67. The van der Waals surface area contributed by atoms with Crippen LogP contribution in [-0.2, 0) is 9.47 Å². The average molecular weight is 435 g/mol. The number of aromatic hydroxyl groups is 1. The molecule has 2 atom stereocenters. The van der Waals surface area contributed by atoms with Crippen LogP contribution in [0.5, 0.6) is 5.75 Å². The van der Waals surface area contributed by atoms with Crippen molar-refractivity contribution in [2.45, 2.75) is 18.6 Å². The molecule has 27 heavy (non-hydrogen) atoms. The van der Waals surface area contributed by atoms with E-state index in [-0.39, 0.29) is 18.8 Å². The zero-order valence-electron chi connectivity index (χ0n) is 14.6. The van der Waals surface area contributed by atoms with Crippen LogP contribution in [0.25, 0.3) is 0 Å². The van der Waals surface area contributed by atoms with Crippen LogP contribution in [0.2, 0.25) is 0 Å². The molecule has 0 heterocycles. The highest BCUT2D eigenvalue weighted by molar-refractivity contribution is 9.10. The lowest BCUT2D eigenvalue weighted by Crippen LogP contribution is -2.29. The number of aliphatic hydroxyl groups excluding tert-OH is 1. The third-order valence-corrected chi connectivity index (χ3v) is 4.34. The van der Waals surface area contributed by atoms with Crippen molar-refractivity contribution < 1.29 is 24.5 Å². The summed E-state index contributed by atoms with van der Waals surface area (Å²) in [6, 6.07) is 13.0. The van der Waals surface area contributed by atoms with E-state index in [1.54, 1.807) is 36.4 Å². The first-order chi connectivity index (χ1) is 13.0. The lowest BCUT2D eigenvalue weighted by Gasteiger charge is -2.26. The number of anilines is 1. The second-order valence-corrected chi connectivity index (χ2v) is 6.55. The van der Waals surface area contributed by atoms with Gasteiger partial charge in [-0.25, -0.2) is 4.79 Å². The number of methoxy groups -OCH3 is 1. The van der Waals surface area contributed by atoms with Gasteiger partial charge in [-0.2, -0.15) is 5.26 Å². The number of aliphatic hydroxyl groups is 1. The highest BCUT2D eigenvalue weighted by Gasteiger charge is 2.29. The fraction of sp³-hybridized carbons (Fsp3) is 0.263. The van der Waals surface area contributed by atoms with Crippen molar-refractivity contribution in [1.82, 2.24) is 0 Å². The normalized spacial score (nSPS) is 12.7. The van der Waals surface area contributed by atoms with Crippen LogP contribution < -0.4 is 5.32 Å². The van der Waals surface area contributed by atoms with Gasteiger partial charge in [0.15, 0.2) is 6.10 Å². The van der Waals surface area contributed by atoms with Crippen LogP contribution in [0.15, 0.2) is 46.9 Å². The SMILES string of the molecule is CO[C@H](CCO)[C@H](OC(=O)Nc1ccc(C#N)cc1)c1cc(Br)ccc1O. The van der Waals surface area contributed by atoms with Gasteiger partial charge in [-0.05, 0) is 42.5 Å². The minimum atomic E-state index is -0.946. The Morgan fingerprint density at radius 2 is 2.00 bits per heavy atom. The maximum atomic E-state index is 12.4. The second-order valence-electron chi connectivity index (χ2n) is 5.63. The van der Waals surface area contributed by atoms with Gasteiger partial charge in [0.2, 0.25) is 0 Å². The molecule has 1 amide bonds. The number of benzene rings is 2. The van der Waals surface area contributed by atoms with E-state index < -0.39 is 18.3 Å². The standard InChI is InChI=1S/C19H19BrN2O5/c1-26-17(8-9-23)18(15-10-13(20)4-7-16(15)24)27-19(25)22-14-5-2-12(11-21)3-6-14/h2-7,10,17-18,23-24H,8-9H2,1H3,(H,22,25)/t17-,18-/m1/s1. The van der Waals surface area contributed by atoms with E-state index in [4.69, 9.17) is 14.7 Å². The summed E-state index contributed by atoms with van der Waals surface area (Å²) in [6.45, 7) is -0.176. The topological polar surface area (TPSA) is 112 Å². The zero-order chi connectivity index (χ0) is 19.8. The maximum Gasteiger partial charge on any atom is 0.412 e. The number of ether oxygens (including phenoxy) is 2. The number of amides is 1. The molecule has 0 fully saturated rings. The third kappa shape index (κ3) is 5.69. The van der Waals surface area contributed by atoms with Gasteiger partial charge in [0.1, 0.15) is 11.9 Å². The largest absolute Gasteiger partial charge is 0.508 e. The fourth-order valence-corrected chi connectivity index (χ4v) is 2.88. The molecule has 0 aromatic heterocycles. The van der Waals surface area contributed by atoms with Crippen LogP contribution >= 0.6 is 15.9 Å². The molecule has 0 aliphatic heterocycles. The number of hydrogen-bond donors (Lipinski definition) is 3. The predicted octanol–water partition coefficient (Wildman–Crippen LogP) is 3.71. The zero-order valence-corrected chi connectivity index (χ0v) is 16.1. The number of nitrogens with one attached hydrogen (secondary N) is 1. The van der Waals surface area contributed by atoms with Crippen LogP contribution in [-0.4, -0.2) is 36.1 Å². The molecule has 8 heteroatoms. The van der Waals surface area contributed by atoms with Crippen molar-refractivity contribution in [2.24, 2.45) is 0 Å². The van der Waals surface area contributed by atoms with Crippen LogP contribution in [0.4, 0.5) is 10.5 Å². The van der Waals surface area contributed by atoms with E-state index in [1.807, 2.05) is 6.07 Å². The summed E-state index contributed by atoms with van der Waals surface area (Å²) in [5, 5.41) is 30.9. The van der Waals surface area contributed by atoms with E-state index >= 15 is 0 Å². The molecule has 7 nitrogen and oxygen atoms in total. The molecule has 2 rings (SSSR count). The third-order valence-electron chi connectivity index (χ3n) is 3.84. The van der Waals surface area contributed by atoms with Crippen molar-refractivity contribution in [2.75, 3.05) is 19.0 Å². The number of halogens is 1. The second kappa shape index (κ2) is 9.92. The monoisotopic (exact) mass is 434 g/mol. The van der Waals surface area contributed by atoms with Gasteiger partial charge in [0.05, 0.1) is 11.6 Å². The van der Waals surface area contributed by atoms with Gasteiger partial charge in [-0.1, -0.05) is 15.9 Å². The number of rotatable bonds is 7. The van der Waals surface area contributed by atoms with Crippen molar-refractivity contribution >= 4 is 27.7 Å². The number of phenols is 1. The van der Waals surface area contributed by atoms with Crippen LogP contribution in [0.1, 0.15) is 23.7 Å². The predicted molar refractivity (Wildman–Crippen MR) is 102 cm³/mol. The number of nitriles is 1. The van der Waals surface area contributed by atoms with Gasteiger partial charge >= 0.3 is 6.09 Å². The van der Waals surface area contributed by atoms with E-state index in [0.717, 1.165) is 0 Å². The van der Waals surface area contributed by atoms with Crippen LogP contribution in [0.3, 0.4) is 0 Å². The van der Waals surface area contributed by atoms with Gasteiger partial charge in [0.25, 0.3) is 0 Å². The Balaban J connectivity index is 2.23. The molecule has 0 radical (unpaired) electrons. The number of hydrogen-bond acceptors (Lipinski definition) is 6. The summed E-state index contributed by atoms with van der Waals surface area (Å²) in [5.41, 5.74) is 1.26. The Morgan fingerprint density at radius 1 is 1.30 bits per heavy atom. The molecule has 142 valence electrons. The van der Waals surface area contributed by atoms with Gasteiger partial charge in [-0.15, -0.1) is 0 Å². The molecule has 0 spiro atoms. The van der Waals surface area contributed by atoms with Gasteiger partial charge in [0, 0.05) is 35.9 Å². The van der Waals surface area contributed by atoms with Crippen LogP contribution in [0, 0.1) is 11.3 Å². The Kier molecular flexibility index (Phi) is 7.61. The summed E-state index contributed by atoms with van der Waals surface area (Å²) in [4.78, 5) is 12.4. The van der Waals surface area contributed by atoms with E-state index in [0.29, 0.717) is 21.3 Å². The molecular formula is C19H19BrN2O5. The fourth-order valence-electron chi connectivity index (χ4n) is 2.50. The first kappa shape index (κ1) is 20.7. The van der Waals surface area contributed by atoms with Gasteiger partial charge in [-0.3, -0.25) is 5.32 Å². The van der Waals surface area contributed by atoms with Crippen molar-refractivity contribution in [3.05, 3.63) is 58.1 Å². The lowest BCUT2D eigenvalue weighted by atomic mass is 10.0. The Morgan fingerprint density at radius 3 is 2.59 bits per heavy atom. The summed E-state index contributed by atoms with van der Waals surface area (Å²) >= 11 is 3.32. The summed E-state index contributed by atoms with van der Waals surface area (Å²) in [6.07, 6.45) is -2.17. The van der Waals surface area contributed by atoms with Gasteiger partial charge < -0.3 is 19.7 Å². The molecule has 0 unspecified atom stereocenters. The number of carbonyl (C=O) groups is 1. The van der Waals surface area contributed by atoms with Crippen molar-refractivity contribution in [1.29, 1.82) is 5.26 Å². The molecule has 0 bridgehead atoms. The first-order valence-electron chi connectivity index (χ1n) is 8.08. The molecule has 0 saturated carbocycles. The molecule has 2 aromatic carbocycles. The lowest BCUT2D eigenvalue weighted by molar-refractivity contribution is -0.0314. The summed E-state index contributed by atoms with van der Waals surface area (Å²) in [7, 11) is 1.43. The molecule has 0 aliphatic carbocycles. The quantitative estimate of drug-likeness (QED) is 0.612. The molecule has 0 saturated heterocycles. The molecule has 0 aliphatic rings.